The van der Waals surface area contributed by atoms with E-state index >= 15 is 0 Å². The average Bonchev–Trinajstić information content (AvgIpc) is 2.84. The maximum absolute atomic E-state index is 5.50. The summed E-state index contributed by atoms with van der Waals surface area (Å²) in [4.78, 5) is 10.6. The molecule has 1 saturated heterocycles. The molecule has 0 bridgehead atoms. The molecule has 0 aromatic heterocycles. The number of benzene rings is 1. The van der Waals surface area contributed by atoms with Crippen molar-refractivity contribution in [2.24, 2.45) is 0 Å². The lowest BCUT2D eigenvalue weighted by molar-refractivity contribution is -0.487. The van der Waals surface area contributed by atoms with Crippen molar-refractivity contribution in [3.05, 3.63) is 42.0 Å². The Bertz CT molecular complexity index is 414. The predicted octanol–water partition coefficient (Wildman–Crippen LogP) is 3.15. The van der Waals surface area contributed by atoms with Crippen LogP contribution in [0, 0.1) is 0 Å². The molecule has 0 radical (unpaired) electrons. The zero-order valence-corrected chi connectivity index (χ0v) is 11.6. The van der Waals surface area contributed by atoms with Crippen LogP contribution in [0.1, 0.15) is 26.3 Å². The molecule has 1 aliphatic heterocycles. The third-order valence-electron chi connectivity index (χ3n) is 2.38. The van der Waals surface area contributed by atoms with Gasteiger partial charge in [-0.25, -0.2) is 4.89 Å². The van der Waals surface area contributed by atoms with Gasteiger partial charge in [0.15, 0.2) is 0 Å². The van der Waals surface area contributed by atoms with Gasteiger partial charge in [-0.2, -0.15) is 4.89 Å². The SMILES string of the molecule is CC(C)(C)OOC1(/C=C/c2ccccc2)OCCO1. The second kappa shape index (κ2) is 5.84. The molecule has 4 heteroatoms. The highest BCUT2D eigenvalue weighted by Crippen LogP contribution is 2.26. The van der Waals surface area contributed by atoms with Gasteiger partial charge in [-0.3, -0.25) is 0 Å². The van der Waals surface area contributed by atoms with Gasteiger partial charge >= 0.3 is 5.97 Å². The summed E-state index contributed by atoms with van der Waals surface area (Å²) in [6.07, 6.45) is 3.61. The van der Waals surface area contributed by atoms with Crippen LogP contribution in [0.5, 0.6) is 0 Å². The first-order valence-electron chi connectivity index (χ1n) is 6.38. The zero-order chi connectivity index (χ0) is 13.8. The minimum absolute atomic E-state index is 0.428. The standard InChI is InChI=1S/C15H20O4/c1-14(2,3)18-19-15(16-11-12-17-15)10-9-13-7-5-4-6-8-13/h4-10H,11-12H2,1-3H3/b10-9+. The summed E-state index contributed by atoms with van der Waals surface area (Å²) >= 11 is 0. The summed E-state index contributed by atoms with van der Waals surface area (Å²) in [5.74, 6) is -1.25. The first-order valence-corrected chi connectivity index (χ1v) is 6.38. The molecule has 1 heterocycles. The van der Waals surface area contributed by atoms with E-state index in [4.69, 9.17) is 19.2 Å². The first-order chi connectivity index (χ1) is 8.99. The number of rotatable bonds is 4. The Labute approximate surface area is 113 Å². The van der Waals surface area contributed by atoms with Crippen molar-refractivity contribution in [2.45, 2.75) is 32.3 Å². The lowest BCUT2D eigenvalue weighted by atomic mass is 10.2. The fourth-order valence-corrected chi connectivity index (χ4v) is 1.53. The lowest BCUT2D eigenvalue weighted by Crippen LogP contribution is -2.35. The summed E-state index contributed by atoms with van der Waals surface area (Å²) < 4.78 is 11.0. The number of hydrogen-bond donors (Lipinski definition) is 0. The van der Waals surface area contributed by atoms with Gasteiger partial charge in [-0.15, -0.1) is 0 Å². The molecular formula is C15H20O4. The van der Waals surface area contributed by atoms with Crippen LogP contribution >= 0.6 is 0 Å². The van der Waals surface area contributed by atoms with Crippen LogP contribution in [0.2, 0.25) is 0 Å². The summed E-state index contributed by atoms with van der Waals surface area (Å²) in [7, 11) is 0. The van der Waals surface area contributed by atoms with Crippen LogP contribution in [0.3, 0.4) is 0 Å². The van der Waals surface area contributed by atoms with Gasteiger partial charge < -0.3 is 9.47 Å². The van der Waals surface area contributed by atoms with Crippen molar-refractivity contribution in [3.63, 3.8) is 0 Å². The van der Waals surface area contributed by atoms with E-state index in [0.717, 1.165) is 5.56 Å². The molecule has 0 aliphatic carbocycles. The van der Waals surface area contributed by atoms with Gasteiger partial charge in [0.2, 0.25) is 0 Å². The summed E-state index contributed by atoms with van der Waals surface area (Å²) in [6.45, 7) is 6.66. The van der Waals surface area contributed by atoms with Gasteiger partial charge in [-0.05, 0) is 26.3 Å². The van der Waals surface area contributed by atoms with E-state index in [1.54, 1.807) is 6.08 Å². The Morgan fingerprint density at radius 3 is 2.32 bits per heavy atom. The number of ether oxygens (including phenoxy) is 2. The molecular weight excluding hydrogens is 244 g/mol. The van der Waals surface area contributed by atoms with Gasteiger partial charge in [-0.1, -0.05) is 36.4 Å². The molecule has 1 aromatic rings. The second-order valence-electron chi connectivity index (χ2n) is 5.32. The third-order valence-corrected chi connectivity index (χ3v) is 2.38. The molecule has 0 amide bonds. The molecule has 0 saturated carbocycles. The normalized spacial score (nSPS) is 19.1. The van der Waals surface area contributed by atoms with Crippen molar-refractivity contribution in [1.82, 2.24) is 0 Å². The summed E-state index contributed by atoms with van der Waals surface area (Å²) in [5.41, 5.74) is 0.614. The minimum atomic E-state index is -1.25. The monoisotopic (exact) mass is 264 g/mol. The highest BCUT2D eigenvalue weighted by Gasteiger charge is 2.38. The van der Waals surface area contributed by atoms with Gasteiger partial charge in [0.1, 0.15) is 0 Å². The van der Waals surface area contributed by atoms with E-state index in [1.807, 2.05) is 57.2 Å². The summed E-state index contributed by atoms with van der Waals surface area (Å²) in [5, 5.41) is 0. The van der Waals surface area contributed by atoms with Crippen LogP contribution in [-0.4, -0.2) is 24.8 Å². The van der Waals surface area contributed by atoms with Crippen molar-refractivity contribution >= 4 is 6.08 Å². The molecule has 0 atom stereocenters. The molecule has 19 heavy (non-hydrogen) atoms. The van der Waals surface area contributed by atoms with E-state index in [-0.39, 0.29) is 0 Å². The van der Waals surface area contributed by atoms with Crippen LogP contribution in [0.25, 0.3) is 6.08 Å². The van der Waals surface area contributed by atoms with Crippen LogP contribution < -0.4 is 0 Å². The lowest BCUT2D eigenvalue weighted by Gasteiger charge is -2.26. The zero-order valence-electron chi connectivity index (χ0n) is 11.6. The minimum Gasteiger partial charge on any atom is -0.320 e. The van der Waals surface area contributed by atoms with Crippen LogP contribution in [-0.2, 0) is 19.2 Å². The Balaban J connectivity index is 2.05. The second-order valence-corrected chi connectivity index (χ2v) is 5.32. The van der Waals surface area contributed by atoms with Crippen molar-refractivity contribution in [3.8, 4) is 0 Å². The van der Waals surface area contributed by atoms with E-state index in [1.165, 1.54) is 0 Å². The maximum Gasteiger partial charge on any atom is 0.333 e. The van der Waals surface area contributed by atoms with Crippen molar-refractivity contribution in [2.75, 3.05) is 13.2 Å². The van der Waals surface area contributed by atoms with Crippen LogP contribution in [0.15, 0.2) is 36.4 Å². The highest BCUT2D eigenvalue weighted by atomic mass is 17.3. The number of hydrogen-bond acceptors (Lipinski definition) is 4. The third kappa shape index (κ3) is 4.44. The summed E-state index contributed by atoms with van der Waals surface area (Å²) in [6, 6.07) is 9.88. The molecule has 0 spiro atoms. The topological polar surface area (TPSA) is 36.9 Å². The smallest absolute Gasteiger partial charge is 0.320 e. The maximum atomic E-state index is 5.50. The molecule has 1 aliphatic rings. The predicted molar refractivity (Wildman–Crippen MR) is 72.0 cm³/mol. The Morgan fingerprint density at radius 1 is 1.11 bits per heavy atom. The van der Waals surface area contributed by atoms with Gasteiger partial charge in [0, 0.05) is 6.08 Å². The first kappa shape index (κ1) is 14.2. The highest BCUT2D eigenvalue weighted by molar-refractivity contribution is 5.49. The molecule has 104 valence electrons. The van der Waals surface area contributed by atoms with Crippen molar-refractivity contribution in [1.29, 1.82) is 0 Å². The Kier molecular flexibility index (Phi) is 4.37. The molecule has 0 unspecified atom stereocenters. The molecule has 4 nitrogen and oxygen atoms in total. The molecule has 1 aromatic carbocycles. The Morgan fingerprint density at radius 2 is 1.74 bits per heavy atom. The van der Waals surface area contributed by atoms with E-state index < -0.39 is 11.6 Å². The van der Waals surface area contributed by atoms with Crippen molar-refractivity contribution < 1.29 is 19.2 Å². The molecule has 1 fully saturated rings. The average molecular weight is 264 g/mol. The molecule has 2 rings (SSSR count). The van der Waals surface area contributed by atoms with E-state index in [0.29, 0.717) is 13.2 Å². The quantitative estimate of drug-likeness (QED) is 0.618. The van der Waals surface area contributed by atoms with E-state index in [2.05, 4.69) is 0 Å². The molecule has 0 N–H and O–H groups in total. The van der Waals surface area contributed by atoms with Gasteiger partial charge in [0.05, 0.1) is 18.8 Å². The fraction of sp³-hybridized carbons (Fsp3) is 0.467. The van der Waals surface area contributed by atoms with Crippen LogP contribution in [0.4, 0.5) is 0 Å². The largest absolute Gasteiger partial charge is 0.333 e. The van der Waals surface area contributed by atoms with E-state index in [9.17, 15) is 0 Å². The fourth-order valence-electron chi connectivity index (χ4n) is 1.53. The van der Waals surface area contributed by atoms with Gasteiger partial charge in [0.25, 0.3) is 0 Å². The Hall–Kier alpha value is -1.20.